The van der Waals surface area contributed by atoms with Gasteiger partial charge in [-0.3, -0.25) is 19.4 Å². The molecule has 0 aliphatic carbocycles. The Morgan fingerprint density at radius 3 is 2.59 bits per heavy atom. The molecule has 1 saturated heterocycles. The number of sulfonamides is 1. The Morgan fingerprint density at radius 1 is 1.16 bits per heavy atom. The van der Waals surface area contributed by atoms with Crippen LogP contribution < -0.4 is 15.8 Å². The summed E-state index contributed by atoms with van der Waals surface area (Å²) in [6.07, 6.45) is 3.97. The lowest BCUT2D eigenvalue weighted by atomic mass is 9.90. The van der Waals surface area contributed by atoms with Crippen LogP contribution in [0.15, 0.2) is 47.6 Å². The normalized spacial score (nSPS) is 18.8. The number of nitrogens with zero attached hydrogens (tertiary/aromatic N) is 2. The maximum Gasteiger partial charge on any atom is 0.313 e. The summed E-state index contributed by atoms with van der Waals surface area (Å²) in [5.74, 6) is -2.17. The van der Waals surface area contributed by atoms with E-state index in [9.17, 15) is 22.8 Å². The molecule has 32 heavy (non-hydrogen) atoms. The first-order valence-electron chi connectivity index (χ1n) is 10.0. The molecule has 2 unspecified atom stereocenters. The Morgan fingerprint density at radius 2 is 1.91 bits per heavy atom. The molecule has 0 saturated carbocycles. The van der Waals surface area contributed by atoms with Gasteiger partial charge in [0.2, 0.25) is 15.9 Å². The van der Waals surface area contributed by atoms with E-state index in [-0.39, 0.29) is 22.1 Å². The number of amides is 3. The second-order valence-corrected chi connectivity index (χ2v) is 9.60. The second-order valence-electron chi connectivity index (χ2n) is 7.72. The van der Waals surface area contributed by atoms with E-state index in [1.54, 1.807) is 12.1 Å². The lowest BCUT2D eigenvalue weighted by molar-refractivity contribution is -0.146. The third-order valence-corrected chi connectivity index (χ3v) is 6.79. The minimum absolute atomic E-state index is 0.0855. The smallest absolute Gasteiger partial charge is 0.313 e. The summed E-state index contributed by atoms with van der Waals surface area (Å²) in [5.41, 5.74) is 6.13. The lowest BCUT2D eigenvalue weighted by Gasteiger charge is -2.38. The average molecular weight is 460 g/mol. The number of aromatic nitrogens is 1. The molecule has 2 atom stereocenters. The monoisotopic (exact) mass is 459 g/mol. The van der Waals surface area contributed by atoms with Crippen LogP contribution in [0, 0.1) is 5.92 Å². The molecule has 1 aliphatic heterocycles. The number of carbonyl (C=O) groups is 3. The van der Waals surface area contributed by atoms with Gasteiger partial charge in [-0.15, -0.1) is 0 Å². The first-order valence-corrected chi connectivity index (χ1v) is 11.5. The van der Waals surface area contributed by atoms with Gasteiger partial charge in [-0.2, -0.15) is 0 Å². The maximum absolute atomic E-state index is 13.1. The summed E-state index contributed by atoms with van der Waals surface area (Å²) in [6.45, 7) is 2.33. The number of hydrogen-bond acceptors (Lipinski definition) is 6. The number of nitrogens with one attached hydrogen (secondary N) is 2. The number of nitrogens with two attached hydrogens (primary N) is 1. The molecule has 0 spiro atoms. The maximum atomic E-state index is 13.1. The van der Waals surface area contributed by atoms with Crippen LogP contribution in [0.1, 0.15) is 41.7 Å². The van der Waals surface area contributed by atoms with Crippen molar-refractivity contribution in [3.8, 4) is 0 Å². The van der Waals surface area contributed by atoms with E-state index in [4.69, 9.17) is 5.73 Å². The van der Waals surface area contributed by atoms with Gasteiger partial charge in [-0.1, -0.05) is 19.1 Å². The minimum atomic E-state index is -3.65. The van der Waals surface area contributed by atoms with Gasteiger partial charge in [0.15, 0.2) is 0 Å². The van der Waals surface area contributed by atoms with Crippen LogP contribution in [0.5, 0.6) is 0 Å². The van der Waals surface area contributed by atoms with Gasteiger partial charge in [0.1, 0.15) is 0 Å². The van der Waals surface area contributed by atoms with Gasteiger partial charge in [-0.25, -0.2) is 13.1 Å². The summed E-state index contributed by atoms with van der Waals surface area (Å²) in [6, 6.07) is 7.23. The molecule has 1 aromatic heterocycles. The number of likely N-dealkylation sites (tertiary alicyclic amines) is 1. The van der Waals surface area contributed by atoms with Crippen LogP contribution in [-0.4, -0.2) is 49.6 Å². The van der Waals surface area contributed by atoms with E-state index >= 15 is 0 Å². The molecule has 0 bridgehead atoms. The van der Waals surface area contributed by atoms with Crippen molar-refractivity contribution in [1.82, 2.24) is 14.6 Å². The first-order chi connectivity index (χ1) is 15.1. The van der Waals surface area contributed by atoms with Crippen LogP contribution >= 0.6 is 0 Å². The largest absolute Gasteiger partial charge is 0.366 e. The summed E-state index contributed by atoms with van der Waals surface area (Å²) in [5, 5.41) is 2.46. The summed E-state index contributed by atoms with van der Waals surface area (Å²) in [7, 11) is -2.33. The van der Waals surface area contributed by atoms with Crippen molar-refractivity contribution in [3.63, 3.8) is 0 Å². The molecule has 0 radical (unpaired) electrons. The fraction of sp³-hybridized carbons (Fsp3) is 0.333. The van der Waals surface area contributed by atoms with Crippen LogP contribution in [0.2, 0.25) is 0 Å². The molecule has 3 amide bonds. The highest BCUT2D eigenvalue weighted by Gasteiger charge is 2.34. The van der Waals surface area contributed by atoms with Gasteiger partial charge < -0.3 is 16.0 Å². The van der Waals surface area contributed by atoms with E-state index < -0.39 is 33.8 Å². The predicted octanol–water partition coefficient (Wildman–Crippen LogP) is 1.03. The number of carbonyl (C=O) groups excluding carboxylic acids is 3. The summed E-state index contributed by atoms with van der Waals surface area (Å²) >= 11 is 0. The fourth-order valence-electron chi connectivity index (χ4n) is 3.69. The molecule has 2 aromatic rings. The highest BCUT2D eigenvalue weighted by atomic mass is 32.2. The quantitative estimate of drug-likeness (QED) is 0.568. The number of piperidine rings is 1. The van der Waals surface area contributed by atoms with Gasteiger partial charge in [0.25, 0.3) is 0 Å². The standard InChI is InChI=1S/C21H25N5O5S/c1-13-6-7-18(14-4-3-5-17(9-14)32(30,31)23-2)26(12-13)21(29)20(28)25-16-8-15(19(22)27)10-24-11-16/h3-5,8-11,13,18,23H,6-7,12H2,1-2H3,(H2,22,27)(H,25,28). The predicted molar refractivity (Wildman–Crippen MR) is 117 cm³/mol. The van der Waals surface area contributed by atoms with E-state index in [1.807, 2.05) is 6.92 Å². The van der Waals surface area contributed by atoms with Gasteiger partial charge in [0, 0.05) is 12.7 Å². The molecule has 1 aliphatic rings. The van der Waals surface area contributed by atoms with Gasteiger partial charge in [-0.05, 0) is 49.6 Å². The molecule has 11 heteroatoms. The molecule has 2 heterocycles. The molecule has 1 aromatic carbocycles. The van der Waals surface area contributed by atoms with Crippen molar-refractivity contribution in [2.75, 3.05) is 18.9 Å². The second kappa shape index (κ2) is 9.45. The van der Waals surface area contributed by atoms with Crippen LogP contribution in [-0.2, 0) is 19.6 Å². The van der Waals surface area contributed by atoms with Crippen molar-refractivity contribution in [2.45, 2.75) is 30.7 Å². The zero-order valence-corrected chi connectivity index (χ0v) is 18.6. The van der Waals surface area contributed by atoms with Crippen molar-refractivity contribution in [1.29, 1.82) is 0 Å². The lowest BCUT2D eigenvalue weighted by Crippen LogP contribution is -2.46. The molecule has 4 N–H and O–H groups in total. The number of benzene rings is 1. The van der Waals surface area contributed by atoms with Crippen molar-refractivity contribution in [3.05, 3.63) is 53.9 Å². The number of pyridine rings is 1. The zero-order valence-electron chi connectivity index (χ0n) is 17.7. The van der Waals surface area contributed by atoms with Gasteiger partial charge in [0.05, 0.1) is 28.4 Å². The number of rotatable bonds is 5. The third kappa shape index (κ3) is 5.11. The fourth-order valence-corrected chi connectivity index (χ4v) is 4.47. The van der Waals surface area contributed by atoms with Crippen molar-refractivity contribution >= 4 is 33.4 Å². The Balaban J connectivity index is 1.86. The Labute approximate surface area is 186 Å². The molecule has 3 rings (SSSR count). The zero-order chi connectivity index (χ0) is 23.5. The first kappa shape index (κ1) is 23.4. The highest BCUT2D eigenvalue weighted by Crippen LogP contribution is 2.34. The number of hydrogen-bond donors (Lipinski definition) is 3. The molecular formula is C21H25N5O5S. The molecular weight excluding hydrogens is 434 g/mol. The van der Waals surface area contributed by atoms with Crippen molar-refractivity contribution in [2.24, 2.45) is 11.7 Å². The number of primary amides is 1. The van der Waals surface area contributed by atoms with E-state index in [0.717, 1.165) is 6.42 Å². The van der Waals surface area contributed by atoms with Crippen LogP contribution in [0.4, 0.5) is 5.69 Å². The van der Waals surface area contributed by atoms with E-state index in [1.165, 1.54) is 42.5 Å². The topological polar surface area (TPSA) is 152 Å². The van der Waals surface area contributed by atoms with Gasteiger partial charge >= 0.3 is 11.8 Å². The van der Waals surface area contributed by atoms with Crippen LogP contribution in [0.25, 0.3) is 0 Å². The van der Waals surface area contributed by atoms with Crippen molar-refractivity contribution < 1.29 is 22.8 Å². The average Bonchev–Trinajstić information content (AvgIpc) is 2.78. The number of anilines is 1. The Hall–Kier alpha value is -3.31. The molecule has 10 nitrogen and oxygen atoms in total. The SMILES string of the molecule is CNS(=O)(=O)c1cccc(C2CCC(C)CN2C(=O)C(=O)Nc2cncc(C(N)=O)c2)c1. The third-order valence-electron chi connectivity index (χ3n) is 5.38. The molecule has 170 valence electrons. The summed E-state index contributed by atoms with van der Waals surface area (Å²) < 4.78 is 26.7. The Bertz CT molecular complexity index is 1150. The van der Waals surface area contributed by atoms with E-state index in [0.29, 0.717) is 18.5 Å². The van der Waals surface area contributed by atoms with Crippen LogP contribution in [0.3, 0.4) is 0 Å². The highest BCUT2D eigenvalue weighted by molar-refractivity contribution is 7.89. The summed E-state index contributed by atoms with van der Waals surface area (Å²) in [4.78, 5) is 42.5. The van der Waals surface area contributed by atoms with E-state index in [2.05, 4.69) is 15.0 Å². The Kier molecular flexibility index (Phi) is 6.90. The minimum Gasteiger partial charge on any atom is -0.366 e. The molecule has 1 fully saturated rings.